The van der Waals surface area contributed by atoms with Gasteiger partial charge in [-0.05, 0) is 24.5 Å². The first-order chi connectivity index (χ1) is 6.18. The molecule has 0 fully saturated rings. The van der Waals surface area contributed by atoms with Crippen LogP contribution in [0, 0.1) is 12.8 Å². The predicted octanol–water partition coefficient (Wildman–Crippen LogP) is 2.06. The first-order valence-corrected chi connectivity index (χ1v) is 4.78. The van der Waals surface area contributed by atoms with Gasteiger partial charge in [-0.15, -0.1) is 0 Å². The van der Waals surface area contributed by atoms with E-state index in [2.05, 4.69) is 37.4 Å². The molecule has 3 N–H and O–H groups in total. The number of nitrogens with one attached hydrogen (secondary N) is 1. The van der Waals surface area contributed by atoms with Crippen molar-refractivity contribution in [1.29, 1.82) is 0 Å². The lowest BCUT2D eigenvalue weighted by Crippen LogP contribution is -2.30. The van der Waals surface area contributed by atoms with Gasteiger partial charge >= 0.3 is 0 Å². The topological polar surface area (TPSA) is 38.0 Å². The van der Waals surface area contributed by atoms with E-state index in [1.165, 1.54) is 16.8 Å². The Morgan fingerprint density at radius 3 is 3.00 bits per heavy atom. The van der Waals surface area contributed by atoms with Crippen molar-refractivity contribution >= 4 is 5.69 Å². The first-order valence-electron chi connectivity index (χ1n) is 4.78. The highest BCUT2D eigenvalue weighted by atomic mass is 14.9. The van der Waals surface area contributed by atoms with Crippen LogP contribution in [0.25, 0.3) is 0 Å². The number of anilines is 1. The molecule has 0 amide bonds. The van der Waals surface area contributed by atoms with Crippen LogP contribution in [-0.4, -0.2) is 6.54 Å². The summed E-state index contributed by atoms with van der Waals surface area (Å²) >= 11 is 0. The van der Waals surface area contributed by atoms with E-state index in [4.69, 9.17) is 5.73 Å². The van der Waals surface area contributed by atoms with Gasteiger partial charge in [-0.25, -0.2) is 0 Å². The summed E-state index contributed by atoms with van der Waals surface area (Å²) in [5, 5.41) is 3.39. The number of hydrogen-bond donors (Lipinski definition) is 2. The van der Waals surface area contributed by atoms with Gasteiger partial charge in [0.05, 0.1) is 0 Å². The number of rotatable bonds is 0. The van der Waals surface area contributed by atoms with Gasteiger partial charge in [-0.2, -0.15) is 0 Å². The fraction of sp³-hybridized carbons (Fsp3) is 0.455. The third-order valence-electron chi connectivity index (χ3n) is 2.79. The molecule has 13 heavy (non-hydrogen) atoms. The molecule has 1 aliphatic heterocycles. The molecule has 2 heteroatoms. The van der Waals surface area contributed by atoms with Crippen LogP contribution in [0.15, 0.2) is 18.2 Å². The SMILES string of the molecule is Cc1ccc2c(c1)C(N)C(C)CN2. The van der Waals surface area contributed by atoms with Crippen molar-refractivity contribution in [2.75, 3.05) is 11.9 Å². The van der Waals surface area contributed by atoms with E-state index >= 15 is 0 Å². The minimum atomic E-state index is 0.191. The molecular formula is C11H16N2. The van der Waals surface area contributed by atoms with Gasteiger partial charge in [0, 0.05) is 18.3 Å². The highest BCUT2D eigenvalue weighted by molar-refractivity contribution is 5.56. The van der Waals surface area contributed by atoms with Crippen LogP contribution >= 0.6 is 0 Å². The summed E-state index contributed by atoms with van der Waals surface area (Å²) in [5.74, 6) is 0.522. The van der Waals surface area contributed by atoms with Crippen LogP contribution < -0.4 is 11.1 Å². The molecule has 2 atom stereocenters. The standard InChI is InChI=1S/C11H16N2/c1-7-3-4-10-9(5-7)11(12)8(2)6-13-10/h3-5,8,11,13H,6,12H2,1-2H3. The maximum Gasteiger partial charge on any atom is 0.0389 e. The predicted molar refractivity (Wildman–Crippen MR) is 55.8 cm³/mol. The lowest BCUT2D eigenvalue weighted by molar-refractivity contribution is 0.479. The van der Waals surface area contributed by atoms with Gasteiger partial charge in [-0.3, -0.25) is 0 Å². The number of nitrogens with two attached hydrogens (primary N) is 1. The monoisotopic (exact) mass is 176 g/mol. The molecule has 0 saturated heterocycles. The molecule has 1 aliphatic rings. The average Bonchev–Trinajstić information content (AvgIpc) is 2.12. The lowest BCUT2D eigenvalue weighted by Gasteiger charge is -2.29. The number of benzene rings is 1. The van der Waals surface area contributed by atoms with E-state index in [1.54, 1.807) is 0 Å². The summed E-state index contributed by atoms with van der Waals surface area (Å²) < 4.78 is 0. The van der Waals surface area contributed by atoms with E-state index in [1.807, 2.05) is 0 Å². The molecule has 70 valence electrons. The van der Waals surface area contributed by atoms with Crippen molar-refractivity contribution in [2.24, 2.45) is 11.7 Å². The Kier molecular flexibility index (Phi) is 2.00. The molecule has 2 rings (SSSR count). The zero-order valence-corrected chi connectivity index (χ0v) is 8.17. The van der Waals surface area contributed by atoms with Gasteiger partial charge < -0.3 is 11.1 Å². The van der Waals surface area contributed by atoms with E-state index in [-0.39, 0.29) is 6.04 Å². The summed E-state index contributed by atoms with van der Waals surface area (Å²) in [4.78, 5) is 0. The van der Waals surface area contributed by atoms with E-state index < -0.39 is 0 Å². The van der Waals surface area contributed by atoms with Gasteiger partial charge in [0.1, 0.15) is 0 Å². The second-order valence-electron chi connectivity index (χ2n) is 3.97. The molecule has 0 radical (unpaired) electrons. The molecule has 1 aromatic carbocycles. The fourth-order valence-electron chi connectivity index (χ4n) is 1.82. The van der Waals surface area contributed by atoms with E-state index in [0.29, 0.717) is 5.92 Å². The minimum absolute atomic E-state index is 0.191. The summed E-state index contributed by atoms with van der Waals surface area (Å²) in [6, 6.07) is 6.62. The van der Waals surface area contributed by atoms with Crippen molar-refractivity contribution in [3.8, 4) is 0 Å². The Labute approximate surface area is 79.1 Å². The fourth-order valence-corrected chi connectivity index (χ4v) is 1.82. The van der Waals surface area contributed by atoms with E-state index in [9.17, 15) is 0 Å². The second-order valence-corrected chi connectivity index (χ2v) is 3.97. The van der Waals surface area contributed by atoms with E-state index in [0.717, 1.165) is 6.54 Å². The van der Waals surface area contributed by atoms with Crippen LogP contribution in [0.3, 0.4) is 0 Å². The second kappa shape index (κ2) is 3.04. The highest BCUT2D eigenvalue weighted by Crippen LogP contribution is 2.31. The van der Waals surface area contributed by atoms with Gasteiger partial charge in [0.15, 0.2) is 0 Å². The molecule has 0 bridgehead atoms. The molecule has 1 heterocycles. The Morgan fingerprint density at radius 1 is 1.46 bits per heavy atom. The highest BCUT2D eigenvalue weighted by Gasteiger charge is 2.22. The van der Waals surface area contributed by atoms with Crippen LogP contribution in [-0.2, 0) is 0 Å². The molecular weight excluding hydrogens is 160 g/mol. The van der Waals surface area contributed by atoms with Crippen molar-refractivity contribution < 1.29 is 0 Å². The van der Waals surface area contributed by atoms with Crippen LogP contribution in [0.1, 0.15) is 24.1 Å². The molecule has 0 aromatic heterocycles. The summed E-state index contributed by atoms with van der Waals surface area (Å²) in [7, 11) is 0. The third-order valence-corrected chi connectivity index (χ3v) is 2.79. The van der Waals surface area contributed by atoms with Crippen LogP contribution in [0.4, 0.5) is 5.69 Å². The molecule has 0 aliphatic carbocycles. The van der Waals surface area contributed by atoms with Crippen LogP contribution in [0.5, 0.6) is 0 Å². The Morgan fingerprint density at radius 2 is 2.23 bits per heavy atom. The zero-order chi connectivity index (χ0) is 9.42. The van der Waals surface area contributed by atoms with Crippen LogP contribution in [0.2, 0.25) is 0 Å². The normalized spacial score (nSPS) is 26.4. The summed E-state index contributed by atoms with van der Waals surface area (Å²) in [6.45, 7) is 5.27. The molecule has 2 unspecified atom stereocenters. The van der Waals surface area contributed by atoms with Crippen molar-refractivity contribution in [2.45, 2.75) is 19.9 Å². The van der Waals surface area contributed by atoms with Crippen molar-refractivity contribution in [3.05, 3.63) is 29.3 Å². The smallest absolute Gasteiger partial charge is 0.0389 e. The largest absolute Gasteiger partial charge is 0.384 e. The molecule has 1 aromatic rings. The van der Waals surface area contributed by atoms with Gasteiger partial charge in [0.2, 0.25) is 0 Å². The number of hydrogen-bond acceptors (Lipinski definition) is 2. The number of aryl methyl sites for hydroxylation is 1. The zero-order valence-electron chi connectivity index (χ0n) is 8.17. The Balaban J connectivity index is 2.45. The van der Waals surface area contributed by atoms with Gasteiger partial charge in [0.25, 0.3) is 0 Å². The number of fused-ring (bicyclic) bond motifs is 1. The van der Waals surface area contributed by atoms with Crippen molar-refractivity contribution in [1.82, 2.24) is 0 Å². The van der Waals surface area contributed by atoms with Gasteiger partial charge in [-0.1, -0.05) is 24.6 Å². The Hall–Kier alpha value is -1.02. The third kappa shape index (κ3) is 1.42. The maximum atomic E-state index is 6.12. The maximum absolute atomic E-state index is 6.12. The first kappa shape index (κ1) is 8.57. The lowest BCUT2D eigenvalue weighted by atomic mass is 9.89. The average molecular weight is 176 g/mol. The molecule has 0 spiro atoms. The summed E-state index contributed by atoms with van der Waals surface area (Å²) in [6.07, 6.45) is 0. The Bertz CT molecular complexity index is 320. The summed E-state index contributed by atoms with van der Waals surface area (Å²) in [5.41, 5.74) is 9.87. The van der Waals surface area contributed by atoms with Crippen molar-refractivity contribution in [3.63, 3.8) is 0 Å². The minimum Gasteiger partial charge on any atom is -0.384 e. The molecule has 0 saturated carbocycles. The quantitative estimate of drug-likeness (QED) is 0.635. The molecule has 2 nitrogen and oxygen atoms in total.